The molecule has 1 unspecified atom stereocenters. The summed E-state index contributed by atoms with van der Waals surface area (Å²) in [5.41, 5.74) is 1.90. The number of hydrogen-bond donors (Lipinski definition) is 3. The largest absolute Gasteiger partial charge is 0.508 e. The summed E-state index contributed by atoms with van der Waals surface area (Å²) in [5.74, 6) is 1.42. The van der Waals surface area contributed by atoms with Crippen molar-refractivity contribution in [1.29, 1.82) is 0 Å². The lowest BCUT2D eigenvalue weighted by Gasteiger charge is -2.21. The van der Waals surface area contributed by atoms with E-state index < -0.39 is 0 Å². The molecule has 3 N–H and O–H groups in total. The Labute approximate surface area is 166 Å². The Hall–Kier alpha value is -3.02. The zero-order valence-electron chi connectivity index (χ0n) is 16.3. The van der Waals surface area contributed by atoms with Crippen LogP contribution in [-0.2, 0) is 0 Å². The van der Waals surface area contributed by atoms with Crippen LogP contribution in [0.15, 0.2) is 59.6 Å². The Balaban J connectivity index is 1.51. The van der Waals surface area contributed by atoms with Crippen molar-refractivity contribution in [2.24, 2.45) is 4.99 Å². The number of aliphatic imine (C=N–C) groups is 1. The first-order valence-corrected chi connectivity index (χ1v) is 9.83. The number of carbonyl (C=O) groups is 1. The molecular weight excluding hydrogens is 352 g/mol. The molecule has 1 aliphatic rings. The van der Waals surface area contributed by atoms with Gasteiger partial charge in [-0.05, 0) is 43.2 Å². The van der Waals surface area contributed by atoms with E-state index in [0.29, 0.717) is 24.6 Å². The molecule has 2 aromatic rings. The smallest absolute Gasteiger partial charge is 0.251 e. The summed E-state index contributed by atoms with van der Waals surface area (Å²) >= 11 is 0. The molecule has 0 radical (unpaired) electrons. The Kier molecular flexibility index (Phi) is 6.89. The lowest BCUT2D eigenvalue weighted by atomic mass is 9.99. The van der Waals surface area contributed by atoms with Crippen molar-refractivity contribution >= 4 is 11.9 Å². The quantitative estimate of drug-likeness (QED) is 0.409. The molecule has 1 amide bonds. The van der Waals surface area contributed by atoms with Gasteiger partial charge in [-0.2, -0.15) is 0 Å². The van der Waals surface area contributed by atoms with Crippen molar-refractivity contribution < 1.29 is 9.90 Å². The third-order valence-electron chi connectivity index (χ3n) is 4.88. The molecule has 6 heteroatoms. The number of guanidine groups is 1. The highest BCUT2D eigenvalue weighted by Gasteiger charge is 2.25. The van der Waals surface area contributed by atoms with Crippen LogP contribution in [-0.4, -0.2) is 54.6 Å². The third kappa shape index (κ3) is 5.25. The number of aromatic hydroxyl groups is 1. The van der Waals surface area contributed by atoms with Crippen LogP contribution >= 0.6 is 0 Å². The van der Waals surface area contributed by atoms with Crippen molar-refractivity contribution in [2.75, 3.05) is 32.7 Å². The molecule has 3 rings (SSSR count). The number of likely N-dealkylation sites (tertiary alicyclic amines) is 1. The number of benzene rings is 2. The minimum absolute atomic E-state index is 0.149. The van der Waals surface area contributed by atoms with Crippen LogP contribution in [0.4, 0.5) is 0 Å². The second-order valence-corrected chi connectivity index (χ2v) is 6.88. The first kappa shape index (κ1) is 19.7. The molecule has 0 saturated carbocycles. The number of amides is 1. The zero-order chi connectivity index (χ0) is 19.8. The molecule has 0 aliphatic carbocycles. The average Bonchev–Trinajstić information content (AvgIpc) is 3.21. The zero-order valence-corrected chi connectivity index (χ0v) is 16.3. The summed E-state index contributed by atoms with van der Waals surface area (Å²) in [7, 11) is 0. The minimum atomic E-state index is -0.162. The summed E-state index contributed by atoms with van der Waals surface area (Å²) in [6.45, 7) is 5.78. The highest BCUT2D eigenvalue weighted by Crippen LogP contribution is 2.26. The van der Waals surface area contributed by atoms with Gasteiger partial charge in [-0.15, -0.1) is 0 Å². The number of hydrogen-bond acceptors (Lipinski definition) is 3. The lowest BCUT2D eigenvalue weighted by Crippen LogP contribution is -2.40. The molecule has 1 fully saturated rings. The monoisotopic (exact) mass is 380 g/mol. The standard InChI is InChI=1S/C22H28N4O2/c1-2-23-22(26-15-12-19(16-26)17-6-4-3-5-7-17)25-14-13-24-21(28)18-8-10-20(27)11-9-18/h3-11,19,27H,2,12-16H2,1H3,(H,23,25)(H,24,28). The first-order chi connectivity index (χ1) is 13.7. The van der Waals surface area contributed by atoms with Gasteiger partial charge < -0.3 is 20.6 Å². The molecular formula is C22H28N4O2. The Morgan fingerprint density at radius 3 is 2.61 bits per heavy atom. The number of phenolic OH excluding ortho intramolecular Hbond substituents is 1. The van der Waals surface area contributed by atoms with Crippen LogP contribution in [0.3, 0.4) is 0 Å². The highest BCUT2D eigenvalue weighted by atomic mass is 16.3. The maximum atomic E-state index is 12.1. The average molecular weight is 380 g/mol. The van der Waals surface area contributed by atoms with Crippen molar-refractivity contribution in [3.8, 4) is 5.75 Å². The van der Waals surface area contributed by atoms with Crippen molar-refractivity contribution in [3.63, 3.8) is 0 Å². The van der Waals surface area contributed by atoms with Crippen LogP contribution in [0.25, 0.3) is 0 Å². The van der Waals surface area contributed by atoms with Gasteiger partial charge >= 0.3 is 0 Å². The summed E-state index contributed by atoms with van der Waals surface area (Å²) < 4.78 is 0. The van der Waals surface area contributed by atoms with Gasteiger partial charge in [-0.3, -0.25) is 9.79 Å². The Bertz CT molecular complexity index is 790. The Morgan fingerprint density at radius 1 is 1.14 bits per heavy atom. The molecule has 6 nitrogen and oxygen atoms in total. The van der Waals surface area contributed by atoms with Gasteiger partial charge in [0.25, 0.3) is 5.91 Å². The van der Waals surface area contributed by atoms with Crippen LogP contribution in [0.5, 0.6) is 5.75 Å². The molecule has 1 aliphatic heterocycles. The van der Waals surface area contributed by atoms with Crippen molar-refractivity contribution in [2.45, 2.75) is 19.3 Å². The fourth-order valence-corrected chi connectivity index (χ4v) is 3.42. The van der Waals surface area contributed by atoms with Gasteiger partial charge in [-0.1, -0.05) is 30.3 Å². The van der Waals surface area contributed by atoms with E-state index in [0.717, 1.165) is 32.0 Å². The molecule has 28 heavy (non-hydrogen) atoms. The highest BCUT2D eigenvalue weighted by molar-refractivity contribution is 5.94. The van der Waals surface area contributed by atoms with Gasteiger partial charge in [0.2, 0.25) is 0 Å². The van der Waals surface area contributed by atoms with E-state index in [4.69, 9.17) is 0 Å². The maximum absolute atomic E-state index is 12.1. The number of nitrogens with zero attached hydrogens (tertiary/aromatic N) is 2. The third-order valence-corrected chi connectivity index (χ3v) is 4.88. The molecule has 1 heterocycles. The van der Waals surface area contributed by atoms with E-state index in [1.165, 1.54) is 17.7 Å². The maximum Gasteiger partial charge on any atom is 0.251 e. The van der Waals surface area contributed by atoms with E-state index in [9.17, 15) is 9.90 Å². The SMILES string of the molecule is CCNC(=NCCNC(=O)c1ccc(O)cc1)N1CCC(c2ccccc2)C1. The fourth-order valence-electron chi connectivity index (χ4n) is 3.42. The van der Waals surface area contributed by atoms with E-state index in [1.54, 1.807) is 12.1 Å². The summed E-state index contributed by atoms with van der Waals surface area (Å²) in [4.78, 5) is 19.1. The van der Waals surface area contributed by atoms with Gasteiger partial charge in [0, 0.05) is 37.7 Å². The topological polar surface area (TPSA) is 77.0 Å². The number of nitrogens with one attached hydrogen (secondary N) is 2. The first-order valence-electron chi connectivity index (χ1n) is 9.83. The van der Waals surface area contributed by atoms with Gasteiger partial charge in [-0.25, -0.2) is 0 Å². The van der Waals surface area contributed by atoms with E-state index in [2.05, 4.69) is 51.7 Å². The van der Waals surface area contributed by atoms with E-state index in [1.807, 2.05) is 6.07 Å². The number of carbonyl (C=O) groups excluding carboxylic acids is 1. The summed E-state index contributed by atoms with van der Waals surface area (Å²) in [5, 5.41) is 15.5. The van der Waals surface area contributed by atoms with Crippen LogP contribution in [0.2, 0.25) is 0 Å². The molecule has 1 atom stereocenters. The van der Waals surface area contributed by atoms with Crippen molar-refractivity contribution in [3.05, 3.63) is 65.7 Å². The van der Waals surface area contributed by atoms with Crippen LogP contribution in [0.1, 0.15) is 35.2 Å². The second kappa shape index (κ2) is 9.78. The molecule has 0 bridgehead atoms. The number of phenols is 1. The fraction of sp³-hybridized carbons (Fsp3) is 0.364. The predicted molar refractivity (Wildman–Crippen MR) is 112 cm³/mol. The second-order valence-electron chi connectivity index (χ2n) is 6.88. The van der Waals surface area contributed by atoms with E-state index in [-0.39, 0.29) is 11.7 Å². The number of rotatable bonds is 6. The van der Waals surface area contributed by atoms with Crippen molar-refractivity contribution in [1.82, 2.24) is 15.5 Å². The molecule has 0 aromatic heterocycles. The molecule has 0 spiro atoms. The predicted octanol–water partition coefficient (Wildman–Crippen LogP) is 2.58. The normalized spacial score (nSPS) is 16.8. The van der Waals surface area contributed by atoms with Crippen LogP contribution in [0, 0.1) is 0 Å². The summed E-state index contributed by atoms with van der Waals surface area (Å²) in [6.07, 6.45) is 1.12. The van der Waals surface area contributed by atoms with Crippen LogP contribution < -0.4 is 10.6 Å². The van der Waals surface area contributed by atoms with E-state index >= 15 is 0 Å². The van der Waals surface area contributed by atoms with Gasteiger partial charge in [0.05, 0.1) is 6.54 Å². The Morgan fingerprint density at radius 2 is 1.89 bits per heavy atom. The molecule has 148 valence electrons. The molecule has 1 saturated heterocycles. The van der Waals surface area contributed by atoms with Gasteiger partial charge in [0.15, 0.2) is 5.96 Å². The molecule has 2 aromatic carbocycles. The lowest BCUT2D eigenvalue weighted by molar-refractivity contribution is 0.0955. The summed E-state index contributed by atoms with van der Waals surface area (Å²) in [6, 6.07) is 16.8. The van der Waals surface area contributed by atoms with Gasteiger partial charge in [0.1, 0.15) is 5.75 Å². The minimum Gasteiger partial charge on any atom is -0.508 e.